The van der Waals surface area contributed by atoms with E-state index in [1.54, 1.807) is 6.20 Å². The van der Waals surface area contributed by atoms with E-state index in [0.29, 0.717) is 5.88 Å². The number of aryl methyl sites for hydroxylation is 1. The average Bonchev–Trinajstić information content (AvgIpc) is 2.42. The van der Waals surface area contributed by atoms with Crippen LogP contribution in [0.2, 0.25) is 0 Å². The number of hydrogen-bond donors (Lipinski definition) is 0. The second kappa shape index (κ2) is 5.02. The molecule has 3 heteroatoms. The van der Waals surface area contributed by atoms with E-state index in [9.17, 15) is 0 Å². The molecule has 0 aliphatic heterocycles. The van der Waals surface area contributed by atoms with Crippen molar-refractivity contribution in [2.24, 2.45) is 0 Å². The third-order valence-corrected chi connectivity index (χ3v) is 3.45. The Morgan fingerprint density at radius 1 is 1.00 bits per heavy atom. The molecule has 0 N–H and O–H groups in total. The standard InChI is InChI=1S/C16H12BrNO/c1-11-8-15(17)16(18-10-11)19-14-7-6-12-4-2-3-5-13(12)9-14/h2-10H,1H3. The lowest BCUT2D eigenvalue weighted by molar-refractivity contribution is 0.460. The van der Waals surface area contributed by atoms with Gasteiger partial charge in [0.05, 0.1) is 4.47 Å². The summed E-state index contributed by atoms with van der Waals surface area (Å²) in [7, 11) is 0. The molecule has 3 aromatic rings. The minimum Gasteiger partial charge on any atom is -0.438 e. The molecule has 0 bridgehead atoms. The third-order valence-electron chi connectivity index (χ3n) is 2.88. The van der Waals surface area contributed by atoms with Crippen LogP contribution in [0.1, 0.15) is 5.56 Å². The molecule has 0 unspecified atom stereocenters. The largest absolute Gasteiger partial charge is 0.438 e. The first-order chi connectivity index (χ1) is 9.22. The van der Waals surface area contributed by atoms with Crippen molar-refractivity contribution in [3.05, 3.63) is 64.8 Å². The molecular weight excluding hydrogens is 302 g/mol. The number of ether oxygens (including phenoxy) is 1. The van der Waals surface area contributed by atoms with E-state index >= 15 is 0 Å². The van der Waals surface area contributed by atoms with Crippen molar-refractivity contribution in [1.29, 1.82) is 0 Å². The molecule has 1 heterocycles. The summed E-state index contributed by atoms with van der Waals surface area (Å²) < 4.78 is 6.68. The van der Waals surface area contributed by atoms with E-state index in [-0.39, 0.29) is 0 Å². The van der Waals surface area contributed by atoms with E-state index in [0.717, 1.165) is 21.2 Å². The predicted octanol–water partition coefficient (Wildman–Crippen LogP) is 5.10. The molecule has 0 atom stereocenters. The number of nitrogens with zero attached hydrogens (tertiary/aromatic N) is 1. The molecule has 1 aromatic heterocycles. The number of fused-ring (bicyclic) bond motifs is 1. The van der Waals surface area contributed by atoms with Crippen LogP contribution in [0.3, 0.4) is 0 Å². The summed E-state index contributed by atoms with van der Waals surface area (Å²) in [5.74, 6) is 1.37. The zero-order valence-corrected chi connectivity index (χ0v) is 12.0. The molecule has 0 aliphatic rings. The number of rotatable bonds is 2. The Hall–Kier alpha value is -1.87. The van der Waals surface area contributed by atoms with Crippen LogP contribution in [0.15, 0.2) is 59.2 Å². The topological polar surface area (TPSA) is 22.1 Å². The Balaban J connectivity index is 1.96. The first kappa shape index (κ1) is 12.2. The van der Waals surface area contributed by atoms with Crippen LogP contribution in [0.4, 0.5) is 0 Å². The van der Waals surface area contributed by atoms with Crippen LogP contribution in [-0.4, -0.2) is 4.98 Å². The van der Waals surface area contributed by atoms with Gasteiger partial charge in [-0.3, -0.25) is 0 Å². The highest BCUT2D eigenvalue weighted by Crippen LogP contribution is 2.29. The number of halogens is 1. The summed E-state index contributed by atoms with van der Waals surface area (Å²) in [6.45, 7) is 2.00. The van der Waals surface area contributed by atoms with Crippen molar-refractivity contribution >= 4 is 26.7 Å². The zero-order chi connectivity index (χ0) is 13.2. The van der Waals surface area contributed by atoms with Crippen LogP contribution < -0.4 is 4.74 Å². The normalized spacial score (nSPS) is 10.6. The lowest BCUT2D eigenvalue weighted by Crippen LogP contribution is -1.90. The maximum atomic E-state index is 5.81. The molecule has 0 radical (unpaired) electrons. The highest BCUT2D eigenvalue weighted by Gasteiger charge is 2.05. The highest BCUT2D eigenvalue weighted by molar-refractivity contribution is 9.10. The second-order valence-electron chi connectivity index (χ2n) is 4.41. The number of benzene rings is 2. The fourth-order valence-electron chi connectivity index (χ4n) is 1.94. The Kier molecular flexibility index (Phi) is 3.22. The molecule has 0 saturated carbocycles. The van der Waals surface area contributed by atoms with Crippen molar-refractivity contribution in [1.82, 2.24) is 4.98 Å². The molecule has 2 aromatic carbocycles. The van der Waals surface area contributed by atoms with Crippen LogP contribution in [-0.2, 0) is 0 Å². The Bertz CT molecular complexity index is 740. The third kappa shape index (κ3) is 2.61. The van der Waals surface area contributed by atoms with Gasteiger partial charge in [0.2, 0.25) is 5.88 Å². The van der Waals surface area contributed by atoms with Gasteiger partial charge in [-0.15, -0.1) is 0 Å². The molecule has 94 valence electrons. The van der Waals surface area contributed by atoms with Gasteiger partial charge in [0, 0.05) is 6.20 Å². The fraction of sp³-hybridized carbons (Fsp3) is 0.0625. The average molecular weight is 314 g/mol. The summed E-state index contributed by atoms with van der Waals surface area (Å²) in [6, 6.07) is 16.2. The molecule has 0 amide bonds. The van der Waals surface area contributed by atoms with Crippen molar-refractivity contribution in [3.8, 4) is 11.6 Å². The van der Waals surface area contributed by atoms with Gasteiger partial charge in [0.1, 0.15) is 5.75 Å². The van der Waals surface area contributed by atoms with Crippen molar-refractivity contribution in [2.45, 2.75) is 6.92 Å². The first-order valence-electron chi connectivity index (χ1n) is 6.01. The molecule has 19 heavy (non-hydrogen) atoms. The van der Waals surface area contributed by atoms with Gasteiger partial charge >= 0.3 is 0 Å². The number of hydrogen-bond acceptors (Lipinski definition) is 2. The van der Waals surface area contributed by atoms with Gasteiger partial charge in [0.25, 0.3) is 0 Å². The highest BCUT2D eigenvalue weighted by atomic mass is 79.9. The molecule has 0 aliphatic carbocycles. The maximum absolute atomic E-state index is 5.81. The predicted molar refractivity (Wildman–Crippen MR) is 80.7 cm³/mol. The summed E-state index contributed by atoms with van der Waals surface area (Å²) in [4.78, 5) is 4.28. The van der Waals surface area contributed by atoms with E-state index < -0.39 is 0 Å². The molecular formula is C16H12BrNO. The number of aromatic nitrogens is 1. The summed E-state index contributed by atoms with van der Waals surface area (Å²) in [5, 5.41) is 2.36. The van der Waals surface area contributed by atoms with Gasteiger partial charge < -0.3 is 4.74 Å². The quantitative estimate of drug-likeness (QED) is 0.656. The van der Waals surface area contributed by atoms with Gasteiger partial charge in [-0.1, -0.05) is 30.3 Å². The zero-order valence-electron chi connectivity index (χ0n) is 10.4. The summed E-state index contributed by atoms with van der Waals surface area (Å²) >= 11 is 3.47. The first-order valence-corrected chi connectivity index (χ1v) is 6.80. The van der Waals surface area contributed by atoms with Crippen molar-refractivity contribution < 1.29 is 4.74 Å². The molecule has 0 saturated heterocycles. The minimum atomic E-state index is 0.584. The lowest BCUT2D eigenvalue weighted by atomic mass is 10.1. The Morgan fingerprint density at radius 3 is 2.58 bits per heavy atom. The monoisotopic (exact) mass is 313 g/mol. The molecule has 0 fully saturated rings. The van der Waals surface area contributed by atoms with E-state index in [1.807, 2.05) is 43.3 Å². The minimum absolute atomic E-state index is 0.584. The van der Waals surface area contributed by atoms with E-state index in [1.165, 1.54) is 5.39 Å². The van der Waals surface area contributed by atoms with Crippen LogP contribution in [0, 0.1) is 6.92 Å². The summed E-state index contributed by atoms with van der Waals surface area (Å²) in [6.07, 6.45) is 1.79. The van der Waals surface area contributed by atoms with Crippen molar-refractivity contribution in [3.63, 3.8) is 0 Å². The van der Waals surface area contributed by atoms with E-state index in [4.69, 9.17) is 4.74 Å². The van der Waals surface area contributed by atoms with Gasteiger partial charge in [0.15, 0.2) is 0 Å². The maximum Gasteiger partial charge on any atom is 0.233 e. The Labute approximate surface area is 120 Å². The van der Waals surface area contributed by atoms with E-state index in [2.05, 4.69) is 33.0 Å². The van der Waals surface area contributed by atoms with Crippen LogP contribution in [0.5, 0.6) is 11.6 Å². The molecule has 0 spiro atoms. The smallest absolute Gasteiger partial charge is 0.233 e. The lowest BCUT2D eigenvalue weighted by Gasteiger charge is -2.08. The number of pyridine rings is 1. The van der Waals surface area contributed by atoms with Gasteiger partial charge in [-0.2, -0.15) is 0 Å². The van der Waals surface area contributed by atoms with Crippen LogP contribution >= 0.6 is 15.9 Å². The van der Waals surface area contributed by atoms with Gasteiger partial charge in [-0.05, 0) is 57.4 Å². The molecule has 2 nitrogen and oxygen atoms in total. The van der Waals surface area contributed by atoms with Gasteiger partial charge in [-0.25, -0.2) is 4.98 Å². The fourth-order valence-corrected chi connectivity index (χ4v) is 2.48. The SMILES string of the molecule is Cc1cnc(Oc2ccc3ccccc3c2)c(Br)c1. The second-order valence-corrected chi connectivity index (χ2v) is 5.26. The van der Waals surface area contributed by atoms with Crippen LogP contribution in [0.25, 0.3) is 10.8 Å². The molecule has 3 rings (SSSR count). The van der Waals surface area contributed by atoms with Crippen molar-refractivity contribution in [2.75, 3.05) is 0 Å². The Morgan fingerprint density at radius 2 is 1.79 bits per heavy atom. The summed E-state index contributed by atoms with van der Waals surface area (Å²) in [5.41, 5.74) is 1.10.